The molecule has 0 spiro atoms. The summed E-state index contributed by atoms with van der Waals surface area (Å²) < 4.78 is 4.77. The number of phenols is 1. The molecule has 0 atom stereocenters. The molecule has 0 heterocycles. The molecule has 4 rings (SSSR count). The van der Waals surface area contributed by atoms with Gasteiger partial charge in [0, 0.05) is 0 Å². The van der Waals surface area contributed by atoms with Crippen LogP contribution < -0.4 is 15.9 Å². The minimum atomic E-state index is -2.07. The van der Waals surface area contributed by atoms with E-state index in [4.69, 9.17) is 4.74 Å². The number of rotatable bonds is 6. The normalized spacial score (nSPS) is 11.1. The fourth-order valence-corrected chi connectivity index (χ4v) is 8.23. The zero-order valence-corrected chi connectivity index (χ0v) is 18.2. The maximum Gasteiger partial charge on any atom is 0.341 e. The molecular weight excluding hydrogens is 403 g/mol. The number of hydrogen-bond acceptors (Lipinski definition) is 3. The number of carbonyl (C=O) groups excluding carboxylic acids is 1. The van der Waals surface area contributed by atoms with Gasteiger partial charge in [0.15, 0.2) is 0 Å². The van der Waals surface area contributed by atoms with Crippen molar-refractivity contribution in [2.45, 2.75) is 6.16 Å². The van der Waals surface area contributed by atoms with E-state index in [9.17, 15) is 9.90 Å². The highest BCUT2D eigenvalue weighted by molar-refractivity contribution is 7.95. The van der Waals surface area contributed by atoms with Crippen molar-refractivity contribution < 1.29 is 14.6 Å². The Labute approximate surface area is 183 Å². The van der Waals surface area contributed by atoms with E-state index >= 15 is 0 Å². The van der Waals surface area contributed by atoms with Gasteiger partial charge in [0.1, 0.15) is 34.5 Å². The van der Waals surface area contributed by atoms with Gasteiger partial charge in [-0.15, -0.1) is 0 Å². The predicted molar refractivity (Wildman–Crippen MR) is 128 cm³/mol. The Bertz CT molecular complexity index is 1060. The maximum atomic E-state index is 11.9. The number of hydrogen-bond donors (Lipinski definition) is 1. The first-order valence-electron chi connectivity index (χ1n) is 10.1. The van der Waals surface area contributed by atoms with Crippen molar-refractivity contribution in [2.75, 3.05) is 7.11 Å². The third kappa shape index (κ3) is 4.10. The second-order valence-corrected chi connectivity index (χ2v) is 10.8. The fraction of sp³-hybridized carbons (Fsp3) is 0.0741. The van der Waals surface area contributed by atoms with Gasteiger partial charge in [0.25, 0.3) is 0 Å². The lowest BCUT2D eigenvalue weighted by atomic mass is 10.1. The van der Waals surface area contributed by atoms with E-state index in [0.717, 1.165) is 11.7 Å². The van der Waals surface area contributed by atoms with Crippen LogP contribution in [0.25, 0.3) is 0 Å². The molecule has 4 aromatic carbocycles. The first-order chi connectivity index (χ1) is 15.1. The van der Waals surface area contributed by atoms with Gasteiger partial charge in [-0.2, -0.15) is 0 Å². The van der Waals surface area contributed by atoms with Gasteiger partial charge < -0.3 is 9.84 Å². The minimum absolute atomic E-state index is 0.0587. The maximum absolute atomic E-state index is 11.9. The smallest absolute Gasteiger partial charge is 0.341 e. The molecule has 0 unspecified atom stereocenters. The zero-order valence-electron chi connectivity index (χ0n) is 17.3. The molecule has 0 bridgehead atoms. The third-order valence-corrected chi connectivity index (χ3v) is 9.86. The van der Waals surface area contributed by atoms with Crippen molar-refractivity contribution in [3.8, 4) is 5.75 Å². The Kier molecular flexibility index (Phi) is 6.16. The first-order valence-corrected chi connectivity index (χ1v) is 12.1. The SMILES string of the molecule is COC(=O)c1ccc(C[P+](c2ccccc2)(c2ccccc2)c2ccccc2)cc1O. The molecule has 4 aromatic rings. The summed E-state index contributed by atoms with van der Waals surface area (Å²) in [6.45, 7) is 0. The molecule has 1 N–H and O–H groups in total. The topological polar surface area (TPSA) is 46.5 Å². The van der Waals surface area contributed by atoms with Crippen molar-refractivity contribution in [1.82, 2.24) is 0 Å². The van der Waals surface area contributed by atoms with Crippen LogP contribution in [0, 0.1) is 0 Å². The molecule has 0 aliphatic rings. The lowest BCUT2D eigenvalue weighted by Crippen LogP contribution is -2.32. The Morgan fingerprint density at radius 1 is 0.742 bits per heavy atom. The van der Waals surface area contributed by atoms with Gasteiger partial charge in [-0.05, 0) is 54.1 Å². The van der Waals surface area contributed by atoms with Crippen LogP contribution in [0.4, 0.5) is 0 Å². The third-order valence-electron chi connectivity index (χ3n) is 5.48. The number of ether oxygens (including phenoxy) is 1. The molecule has 0 saturated carbocycles. The van der Waals surface area contributed by atoms with Crippen LogP contribution in [0.5, 0.6) is 5.75 Å². The Balaban J connectivity index is 1.93. The summed E-state index contributed by atoms with van der Waals surface area (Å²) in [5, 5.41) is 14.3. The Hall–Kier alpha value is -3.42. The van der Waals surface area contributed by atoms with Gasteiger partial charge in [0.05, 0.1) is 13.3 Å². The molecule has 31 heavy (non-hydrogen) atoms. The van der Waals surface area contributed by atoms with E-state index in [1.54, 1.807) is 12.1 Å². The number of methoxy groups -OCH3 is 1. The Morgan fingerprint density at radius 3 is 1.58 bits per heavy atom. The summed E-state index contributed by atoms with van der Waals surface area (Å²) in [6.07, 6.45) is 0.722. The van der Waals surface area contributed by atoms with Crippen molar-refractivity contribution in [1.29, 1.82) is 0 Å². The average molecular weight is 427 g/mol. The monoisotopic (exact) mass is 427 g/mol. The summed E-state index contributed by atoms with van der Waals surface area (Å²) >= 11 is 0. The van der Waals surface area contributed by atoms with E-state index in [-0.39, 0.29) is 11.3 Å². The molecule has 0 radical (unpaired) electrons. The number of carbonyl (C=O) groups is 1. The van der Waals surface area contributed by atoms with Crippen LogP contribution in [0.15, 0.2) is 109 Å². The molecule has 4 heteroatoms. The molecule has 0 aliphatic heterocycles. The van der Waals surface area contributed by atoms with Gasteiger partial charge in [-0.25, -0.2) is 4.79 Å². The van der Waals surface area contributed by atoms with E-state index in [1.807, 2.05) is 24.3 Å². The largest absolute Gasteiger partial charge is 0.507 e. The second kappa shape index (κ2) is 9.16. The second-order valence-electron chi connectivity index (χ2n) is 7.32. The first kappa shape index (κ1) is 20.8. The summed E-state index contributed by atoms with van der Waals surface area (Å²) in [6, 6.07) is 37.0. The summed E-state index contributed by atoms with van der Waals surface area (Å²) in [5.41, 5.74) is 1.14. The molecule has 3 nitrogen and oxygen atoms in total. The van der Waals surface area contributed by atoms with Crippen molar-refractivity contribution in [3.63, 3.8) is 0 Å². The lowest BCUT2D eigenvalue weighted by Gasteiger charge is -2.28. The van der Waals surface area contributed by atoms with Crippen LogP contribution in [0.2, 0.25) is 0 Å². The number of benzene rings is 4. The molecule has 0 aliphatic carbocycles. The number of aromatic hydroxyl groups is 1. The van der Waals surface area contributed by atoms with Crippen LogP contribution in [0.3, 0.4) is 0 Å². The molecule has 0 fully saturated rings. The van der Waals surface area contributed by atoms with Crippen LogP contribution in [0.1, 0.15) is 15.9 Å². The molecule has 0 aromatic heterocycles. The van der Waals surface area contributed by atoms with Gasteiger partial charge >= 0.3 is 5.97 Å². The number of esters is 1. The highest BCUT2D eigenvalue weighted by Crippen LogP contribution is 2.58. The lowest BCUT2D eigenvalue weighted by molar-refractivity contribution is 0.0597. The van der Waals surface area contributed by atoms with Crippen molar-refractivity contribution in [2.24, 2.45) is 0 Å². The summed E-state index contributed by atoms with van der Waals surface area (Å²) in [7, 11) is -0.756. The molecular formula is C27H24O3P+. The van der Waals surface area contributed by atoms with Gasteiger partial charge in [-0.1, -0.05) is 60.7 Å². The Morgan fingerprint density at radius 2 is 1.19 bits per heavy atom. The van der Waals surface area contributed by atoms with Crippen molar-refractivity contribution in [3.05, 3.63) is 120 Å². The van der Waals surface area contributed by atoms with E-state index < -0.39 is 13.2 Å². The minimum Gasteiger partial charge on any atom is -0.507 e. The van der Waals surface area contributed by atoms with E-state index in [2.05, 4.69) is 72.8 Å². The highest BCUT2D eigenvalue weighted by Gasteiger charge is 2.45. The average Bonchev–Trinajstić information content (AvgIpc) is 2.84. The zero-order chi connectivity index (χ0) is 21.7. The van der Waals surface area contributed by atoms with E-state index in [0.29, 0.717) is 0 Å². The van der Waals surface area contributed by atoms with Crippen LogP contribution >= 0.6 is 7.26 Å². The van der Waals surface area contributed by atoms with E-state index in [1.165, 1.54) is 23.0 Å². The van der Waals surface area contributed by atoms with Crippen LogP contribution in [-0.2, 0) is 10.9 Å². The molecule has 0 saturated heterocycles. The van der Waals surface area contributed by atoms with Crippen molar-refractivity contribution >= 4 is 29.1 Å². The number of phenolic OH excluding ortho intramolecular Hbond substituents is 1. The van der Waals surface area contributed by atoms with Gasteiger partial charge in [0.2, 0.25) is 0 Å². The molecule has 0 amide bonds. The standard InChI is InChI=1S/C27H23O3P/c1-30-27(29)25-18-17-21(19-26(25)28)20-31(22-11-5-2-6-12-22,23-13-7-3-8-14-23)24-15-9-4-10-16-24/h2-19H,20H2,1H3/p+1. The summed E-state index contributed by atoms with van der Waals surface area (Å²) in [5.74, 6) is -0.601. The van der Waals surface area contributed by atoms with Crippen LogP contribution in [-0.4, -0.2) is 18.2 Å². The predicted octanol–water partition coefficient (Wildman–Crippen LogP) is 4.67. The quantitative estimate of drug-likeness (QED) is 0.359. The molecule has 154 valence electrons. The summed E-state index contributed by atoms with van der Waals surface area (Å²) in [4.78, 5) is 11.9. The highest BCUT2D eigenvalue weighted by atomic mass is 31.2. The fourth-order valence-electron chi connectivity index (χ4n) is 4.00. The van der Waals surface area contributed by atoms with Gasteiger partial charge in [-0.3, -0.25) is 0 Å².